The van der Waals surface area contributed by atoms with Gasteiger partial charge in [0.2, 0.25) is 5.91 Å². The lowest BCUT2D eigenvalue weighted by atomic mass is 9.90. The van der Waals surface area contributed by atoms with Crippen molar-refractivity contribution in [1.82, 2.24) is 4.90 Å². The monoisotopic (exact) mass is 339 g/mol. The van der Waals surface area contributed by atoms with Crippen molar-refractivity contribution in [3.05, 3.63) is 59.7 Å². The SMILES string of the molecule is COc1ccc(OC)c(CC(=O)N2CCC[C@H](c3ccccc3)C2)c1. The molecule has 0 aliphatic carbocycles. The van der Waals surface area contributed by atoms with Crippen molar-refractivity contribution >= 4 is 5.91 Å². The Morgan fingerprint density at radius 3 is 2.64 bits per heavy atom. The Bertz CT molecular complexity index is 714. The number of nitrogens with zero attached hydrogens (tertiary/aromatic N) is 1. The molecule has 0 aromatic heterocycles. The number of hydrogen-bond acceptors (Lipinski definition) is 3. The van der Waals surface area contributed by atoms with Gasteiger partial charge in [-0.05, 0) is 36.6 Å². The van der Waals surface area contributed by atoms with Crippen molar-refractivity contribution in [3.8, 4) is 11.5 Å². The van der Waals surface area contributed by atoms with E-state index < -0.39 is 0 Å². The second kappa shape index (κ2) is 8.06. The molecule has 132 valence electrons. The van der Waals surface area contributed by atoms with Crippen LogP contribution in [0.4, 0.5) is 0 Å². The average Bonchev–Trinajstić information content (AvgIpc) is 2.68. The highest BCUT2D eigenvalue weighted by molar-refractivity contribution is 5.80. The second-order valence-corrected chi connectivity index (χ2v) is 6.44. The fourth-order valence-corrected chi connectivity index (χ4v) is 3.50. The molecule has 0 radical (unpaired) electrons. The molecule has 0 saturated carbocycles. The molecule has 1 aliphatic heterocycles. The van der Waals surface area contributed by atoms with Crippen LogP contribution in [0.5, 0.6) is 11.5 Å². The van der Waals surface area contributed by atoms with Crippen LogP contribution < -0.4 is 9.47 Å². The fraction of sp³-hybridized carbons (Fsp3) is 0.381. The molecule has 2 aromatic carbocycles. The van der Waals surface area contributed by atoms with Gasteiger partial charge in [-0.2, -0.15) is 0 Å². The highest BCUT2D eigenvalue weighted by atomic mass is 16.5. The number of likely N-dealkylation sites (tertiary alicyclic amines) is 1. The summed E-state index contributed by atoms with van der Waals surface area (Å²) in [5.74, 6) is 2.04. The molecule has 0 spiro atoms. The van der Waals surface area contributed by atoms with Crippen LogP contribution in [0.1, 0.15) is 29.9 Å². The van der Waals surface area contributed by atoms with E-state index in [9.17, 15) is 4.79 Å². The van der Waals surface area contributed by atoms with E-state index >= 15 is 0 Å². The van der Waals surface area contributed by atoms with Gasteiger partial charge in [0.15, 0.2) is 0 Å². The third kappa shape index (κ3) is 4.13. The lowest BCUT2D eigenvalue weighted by molar-refractivity contribution is -0.131. The molecule has 0 unspecified atom stereocenters. The van der Waals surface area contributed by atoms with Crippen molar-refractivity contribution in [3.63, 3.8) is 0 Å². The Morgan fingerprint density at radius 2 is 1.92 bits per heavy atom. The largest absolute Gasteiger partial charge is 0.497 e. The Balaban J connectivity index is 1.71. The Labute approximate surface area is 149 Å². The second-order valence-electron chi connectivity index (χ2n) is 6.44. The molecule has 1 saturated heterocycles. The molecular weight excluding hydrogens is 314 g/mol. The molecule has 25 heavy (non-hydrogen) atoms. The van der Waals surface area contributed by atoms with Gasteiger partial charge < -0.3 is 14.4 Å². The number of hydrogen-bond donors (Lipinski definition) is 0. The quantitative estimate of drug-likeness (QED) is 0.834. The predicted molar refractivity (Wildman–Crippen MR) is 98.2 cm³/mol. The number of methoxy groups -OCH3 is 2. The number of carbonyl (C=O) groups is 1. The van der Waals surface area contributed by atoms with Crippen LogP contribution in [0.3, 0.4) is 0 Å². The fourth-order valence-electron chi connectivity index (χ4n) is 3.50. The molecule has 0 bridgehead atoms. The minimum Gasteiger partial charge on any atom is -0.497 e. The maximum Gasteiger partial charge on any atom is 0.227 e. The molecule has 4 nitrogen and oxygen atoms in total. The zero-order valence-corrected chi connectivity index (χ0v) is 14.9. The number of amides is 1. The zero-order chi connectivity index (χ0) is 17.6. The van der Waals surface area contributed by atoms with E-state index in [1.54, 1.807) is 14.2 Å². The van der Waals surface area contributed by atoms with Crippen molar-refractivity contribution in [2.45, 2.75) is 25.2 Å². The summed E-state index contributed by atoms with van der Waals surface area (Å²) in [6.45, 7) is 1.61. The zero-order valence-electron chi connectivity index (χ0n) is 14.9. The number of rotatable bonds is 5. The van der Waals surface area contributed by atoms with Crippen molar-refractivity contribution < 1.29 is 14.3 Å². The number of benzene rings is 2. The van der Waals surface area contributed by atoms with Crippen molar-refractivity contribution in [2.24, 2.45) is 0 Å². The summed E-state index contributed by atoms with van der Waals surface area (Å²) in [4.78, 5) is 14.8. The summed E-state index contributed by atoms with van der Waals surface area (Å²) < 4.78 is 10.7. The molecule has 4 heteroatoms. The Morgan fingerprint density at radius 1 is 1.12 bits per heavy atom. The van der Waals surface area contributed by atoms with Crippen molar-refractivity contribution in [2.75, 3.05) is 27.3 Å². The molecule has 1 heterocycles. The van der Waals surface area contributed by atoms with Gasteiger partial charge in [0.05, 0.1) is 20.6 Å². The molecule has 0 N–H and O–H groups in total. The summed E-state index contributed by atoms with van der Waals surface area (Å²) >= 11 is 0. The van der Waals surface area contributed by atoms with E-state index in [0.717, 1.165) is 43.0 Å². The summed E-state index contributed by atoms with van der Waals surface area (Å²) in [5.41, 5.74) is 2.19. The first-order valence-electron chi connectivity index (χ1n) is 8.75. The van der Waals surface area contributed by atoms with Gasteiger partial charge >= 0.3 is 0 Å². The maximum atomic E-state index is 12.8. The normalized spacial score (nSPS) is 17.2. The van der Waals surface area contributed by atoms with Crippen LogP contribution in [0.15, 0.2) is 48.5 Å². The molecule has 3 rings (SSSR count). The van der Waals surface area contributed by atoms with Gasteiger partial charge in [0.1, 0.15) is 11.5 Å². The van der Waals surface area contributed by atoms with E-state index in [2.05, 4.69) is 24.3 Å². The van der Waals surface area contributed by atoms with Gasteiger partial charge in [-0.3, -0.25) is 4.79 Å². The number of ether oxygens (including phenoxy) is 2. The molecule has 2 aromatic rings. The van der Waals surface area contributed by atoms with Crippen molar-refractivity contribution in [1.29, 1.82) is 0 Å². The molecule has 1 amide bonds. The summed E-state index contributed by atoms with van der Waals surface area (Å²) in [6, 6.07) is 16.1. The first kappa shape index (κ1) is 17.3. The lowest BCUT2D eigenvalue weighted by Gasteiger charge is -2.33. The predicted octanol–water partition coefficient (Wildman–Crippen LogP) is 3.65. The number of piperidine rings is 1. The summed E-state index contributed by atoms with van der Waals surface area (Å²) in [6.07, 6.45) is 2.51. The van der Waals surface area contributed by atoms with E-state index in [4.69, 9.17) is 9.47 Å². The van der Waals surface area contributed by atoms with E-state index in [0.29, 0.717) is 12.3 Å². The standard InChI is InChI=1S/C21H25NO3/c1-24-19-10-11-20(25-2)18(13-19)14-21(23)22-12-6-9-17(15-22)16-7-4-3-5-8-16/h3-5,7-8,10-11,13,17H,6,9,12,14-15H2,1-2H3/t17-/m0/s1. The van der Waals surface area contributed by atoms with Gasteiger partial charge in [-0.1, -0.05) is 30.3 Å². The summed E-state index contributed by atoms with van der Waals surface area (Å²) in [5, 5.41) is 0. The van der Waals surface area contributed by atoms with E-state index in [1.807, 2.05) is 29.2 Å². The van der Waals surface area contributed by atoms with Crippen LogP contribution in [0, 0.1) is 0 Å². The third-order valence-corrected chi connectivity index (χ3v) is 4.87. The van der Waals surface area contributed by atoms with Gasteiger partial charge in [-0.15, -0.1) is 0 Å². The van der Waals surface area contributed by atoms with Gasteiger partial charge in [0, 0.05) is 24.6 Å². The minimum atomic E-state index is 0.146. The molecule has 1 aliphatic rings. The highest BCUT2D eigenvalue weighted by Crippen LogP contribution is 2.29. The Hall–Kier alpha value is -2.49. The minimum absolute atomic E-state index is 0.146. The van der Waals surface area contributed by atoms with Crippen LogP contribution >= 0.6 is 0 Å². The van der Waals surface area contributed by atoms with Crippen LogP contribution in [0.25, 0.3) is 0 Å². The molecule has 1 fully saturated rings. The maximum absolute atomic E-state index is 12.8. The van der Waals surface area contributed by atoms with E-state index in [-0.39, 0.29) is 5.91 Å². The first-order valence-corrected chi connectivity index (χ1v) is 8.75. The molecule has 1 atom stereocenters. The average molecular weight is 339 g/mol. The van der Waals surface area contributed by atoms with Crippen LogP contribution in [-0.4, -0.2) is 38.1 Å². The van der Waals surface area contributed by atoms with Crippen LogP contribution in [0.2, 0.25) is 0 Å². The Kier molecular flexibility index (Phi) is 5.59. The van der Waals surface area contributed by atoms with Crippen LogP contribution in [-0.2, 0) is 11.2 Å². The summed E-state index contributed by atoms with van der Waals surface area (Å²) in [7, 11) is 3.25. The third-order valence-electron chi connectivity index (χ3n) is 4.87. The highest BCUT2D eigenvalue weighted by Gasteiger charge is 2.25. The topological polar surface area (TPSA) is 38.8 Å². The number of carbonyl (C=O) groups excluding carboxylic acids is 1. The smallest absolute Gasteiger partial charge is 0.227 e. The lowest BCUT2D eigenvalue weighted by Crippen LogP contribution is -2.40. The van der Waals surface area contributed by atoms with Gasteiger partial charge in [0.25, 0.3) is 0 Å². The van der Waals surface area contributed by atoms with Gasteiger partial charge in [-0.25, -0.2) is 0 Å². The molecular formula is C21H25NO3. The first-order chi connectivity index (χ1) is 12.2. The van der Waals surface area contributed by atoms with E-state index in [1.165, 1.54) is 5.56 Å².